The van der Waals surface area contributed by atoms with Gasteiger partial charge in [0.05, 0.1) is 6.10 Å². The van der Waals surface area contributed by atoms with E-state index in [9.17, 15) is 4.39 Å². The Bertz CT molecular complexity index is 407. The van der Waals surface area contributed by atoms with Crippen molar-refractivity contribution in [3.8, 4) is 0 Å². The minimum Gasteiger partial charge on any atom is -0.377 e. The second-order valence-electron chi connectivity index (χ2n) is 5.01. The molecule has 2 atom stereocenters. The van der Waals surface area contributed by atoms with Crippen LogP contribution in [0.2, 0.25) is 5.02 Å². The van der Waals surface area contributed by atoms with Crippen LogP contribution in [0.25, 0.3) is 0 Å². The minimum absolute atomic E-state index is 0.199. The summed E-state index contributed by atoms with van der Waals surface area (Å²) in [5.74, 6) is -0.237. The van der Waals surface area contributed by atoms with Gasteiger partial charge in [0.1, 0.15) is 5.82 Å². The van der Waals surface area contributed by atoms with Gasteiger partial charge in [0.15, 0.2) is 0 Å². The quantitative estimate of drug-likeness (QED) is 0.893. The summed E-state index contributed by atoms with van der Waals surface area (Å²) in [6.45, 7) is 3.77. The number of likely N-dealkylation sites (N-methyl/N-ethyl adjacent to an activating group) is 1. The van der Waals surface area contributed by atoms with Gasteiger partial charge in [-0.2, -0.15) is 0 Å². The van der Waals surface area contributed by atoms with Gasteiger partial charge in [-0.1, -0.05) is 18.5 Å². The van der Waals surface area contributed by atoms with Gasteiger partial charge in [-0.25, -0.2) is 4.39 Å². The van der Waals surface area contributed by atoms with Crippen molar-refractivity contribution < 1.29 is 9.13 Å². The van der Waals surface area contributed by atoms with Gasteiger partial charge in [-0.05, 0) is 56.0 Å². The van der Waals surface area contributed by atoms with E-state index in [4.69, 9.17) is 16.3 Å². The summed E-state index contributed by atoms with van der Waals surface area (Å²) in [5.41, 5.74) is 0.849. The predicted octanol–water partition coefficient (Wildman–Crippen LogP) is 3.57. The Hall–Kier alpha value is -0.640. The van der Waals surface area contributed by atoms with Gasteiger partial charge in [-0.3, -0.25) is 0 Å². The maximum Gasteiger partial charge on any atom is 0.123 e. The lowest BCUT2D eigenvalue weighted by molar-refractivity contribution is -0.00709. The van der Waals surface area contributed by atoms with E-state index >= 15 is 0 Å². The van der Waals surface area contributed by atoms with E-state index < -0.39 is 0 Å². The molecule has 19 heavy (non-hydrogen) atoms. The summed E-state index contributed by atoms with van der Waals surface area (Å²) in [4.78, 5) is 0. The third-order valence-corrected chi connectivity index (χ3v) is 3.95. The van der Waals surface area contributed by atoms with Crippen molar-refractivity contribution in [3.05, 3.63) is 34.6 Å². The molecule has 0 aliphatic carbocycles. The molecule has 0 saturated carbocycles. The fourth-order valence-corrected chi connectivity index (χ4v) is 2.81. The molecule has 2 nitrogen and oxygen atoms in total. The van der Waals surface area contributed by atoms with Crippen LogP contribution >= 0.6 is 11.6 Å². The smallest absolute Gasteiger partial charge is 0.123 e. The maximum absolute atomic E-state index is 13.3. The highest BCUT2D eigenvalue weighted by atomic mass is 35.5. The predicted molar refractivity (Wildman–Crippen MR) is 76.2 cm³/mol. The van der Waals surface area contributed by atoms with Crippen LogP contribution in [0.3, 0.4) is 0 Å². The van der Waals surface area contributed by atoms with Crippen molar-refractivity contribution in [1.82, 2.24) is 5.32 Å². The van der Waals surface area contributed by atoms with Gasteiger partial charge < -0.3 is 10.1 Å². The zero-order valence-corrected chi connectivity index (χ0v) is 12.0. The zero-order chi connectivity index (χ0) is 13.7. The van der Waals surface area contributed by atoms with E-state index in [-0.39, 0.29) is 18.0 Å². The van der Waals surface area contributed by atoms with Crippen LogP contribution in [-0.4, -0.2) is 25.3 Å². The Kier molecular flexibility index (Phi) is 5.61. The highest BCUT2D eigenvalue weighted by Crippen LogP contribution is 2.23. The number of nitrogens with one attached hydrogen (secondary N) is 1. The minimum atomic E-state index is -0.237. The SMILES string of the molecule is CCNC(Cc1cc(F)ccc1Cl)C1CCCCO1. The Morgan fingerprint density at radius 2 is 2.32 bits per heavy atom. The number of hydrogen-bond donors (Lipinski definition) is 1. The Morgan fingerprint density at radius 3 is 3.00 bits per heavy atom. The first-order valence-corrected chi connectivity index (χ1v) is 7.37. The van der Waals surface area contributed by atoms with E-state index in [0.717, 1.165) is 31.6 Å². The monoisotopic (exact) mass is 285 g/mol. The maximum atomic E-state index is 13.3. The van der Waals surface area contributed by atoms with Crippen LogP contribution in [0.1, 0.15) is 31.7 Å². The molecule has 2 unspecified atom stereocenters. The standard InChI is InChI=1S/C15H21ClFNO/c1-2-18-14(15-5-3-4-8-19-15)10-11-9-12(17)6-7-13(11)16/h6-7,9,14-15,18H,2-5,8,10H2,1H3. The van der Waals surface area contributed by atoms with Crippen LogP contribution in [0, 0.1) is 5.82 Å². The van der Waals surface area contributed by atoms with Crippen LogP contribution in [0.15, 0.2) is 18.2 Å². The van der Waals surface area contributed by atoms with Gasteiger partial charge in [0.2, 0.25) is 0 Å². The van der Waals surface area contributed by atoms with Crippen LogP contribution in [0.4, 0.5) is 4.39 Å². The Morgan fingerprint density at radius 1 is 1.47 bits per heavy atom. The van der Waals surface area contributed by atoms with Crippen molar-refractivity contribution in [1.29, 1.82) is 0 Å². The van der Waals surface area contributed by atoms with Crippen molar-refractivity contribution in [2.24, 2.45) is 0 Å². The Labute approximate surface area is 119 Å². The van der Waals surface area contributed by atoms with Crippen molar-refractivity contribution >= 4 is 11.6 Å². The lowest BCUT2D eigenvalue weighted by atomic mass is 9.96. The van der Waals surface area contributed by atoms with E-state index in [0.29, 0.717) is 11.4 Å². The lowest BCUT2D eigenvalue weighted by Gasteiger charge is -2.31. The van der Waals surface area contributed by atoms with Crippen LogP contribution in [-0.2, 0) is 11.2 Å². The normalized spacial score (nSPS) is 21.3. The first kappa shape index (κ1) is 14.8. The molecule has 1 saturated heterocycles. The van der Waals surface area contributed by atoms with Gasteiger partial charge in [0.25, 0.3) is 0 Å². The second kappa shape index (κ2) is 7.22. The van der Waals surface area contributed by atoms with Crippen molar-refractivity contribution in [2.45, 2.75) is 44.8 Å². The highest BCUT2D eigenvalue weighted by Gasteiger charge is 2.24. The summed E-state index contributed by atoms with van der Waals surface area (Å²) in [6, 6.07) is 4.74. The average Bonchev–Trinajstić information content (AvgIpc) is 2.43. The molecule has 1 heterocycles. The topological polar surface area (TPSA) is 21.3 Å². The van der Waals surface area contributed by atoms with Gasteiger partial charge in [-0.15, -0.1) is 0 Å². The molecule has 1 N–H and O–H groups in total. The molecule has 1 aliphatic rings. The molecular formula is C15H21ClFNO. The van der Waals surface area contributed by atoms with E-state index in [1.165, 1.54) is 18.6 Å². The molecule has 0 radical (unpaired) electrons. The number of benzene rings is 1. The molecule has 0 amide bonds. The summed E-state index contributed by atoms with van der Waals surface area (Å²) in [5, 5.41) is 4.07. The molecule has 0 aromatic heterocycles. The molecule has 1 aromatic rings. The number of halogens is 2. The molecule has 1 aliphatic heterocycles. The van der Waals surface area contributed by atoms with Gasteiger partial charge >= 0.3 is 0 Å². The third-order valence-electron chi connectivity index (χ3n) is 3.58. The summed E-state index contributed by atoms with van der Waals surface area (Å²) < 4.78 is 19.2. The third kappa shape index (κ3) is 4.16. The number of ether oxygens (including phenoxy) is 1. The first-order valence-electron chi connectivity index (χ1n) is 6.99. The Balaban J connectivity index is 2.08. The van der Waals surface area contributed by atoms with E-state index in [1.807, 2.05) is 0 Å². The summed E-state index contributed by atoms with van der Waals surface area (Å²) in [6.07, 6.45) is 4.30. The molecule has 0 spiro atoms. The second-order valence-corrected chi connectivity index (χ2v) is 5.42. The molecule has 1 aromatic carbocycles. The summed E-state index contributed by atoms with van der Waals surface area (Å²) >= 11 is 6.14. The van der Waals surface area contributed by atoms with Crippen molar-refractivity contribution in [3.63, 3.8) is 0 Å². The summed E-state index contributed by atoms with van der Waals surface area (Å²) in [7, 11) is 0. The number of rotatable bonds is 5. The fraction of sp³-hybridized carbons (Fsp3) is 0.600. The van der Waals surface area contributed by atoms with Gasteiger partial charge in [0, 0.05) is 17.7 Å². The zero-order valence-electron chi connectivity index (χ0n) is 11.3. The van der Waals surface area contributed by atoms with E-state index in [2.05, 4.69) is 12.2 Å². The molecule has 2 rings (SSSR count). The molecule has 0 bridgehead atoms. The molecular weight excluding hydrogens is 265 g/mol. The first-order chi connectivity index (χ1) is 9.20. The molecule has 4 heteroatoms. The molecule has 106 valence electrons. The van der Waals surface area contributed by atoms with Crippen LogP contribution < -0.4 is 5.32 Å². The van der Waals surface area contributed by atoms with E-state index in [1.54, 1.807) is 6.07 Å². The highest BCUT2D eigenvalue weighted by molar-refractivity contribution is 6.31. The molecule has 1 fully saturated rings. The lowest BCUT2D eigenvalue weighted by Crippen LogP contribution is -2.44. The largest absolute Gasteiger partial charge is 0.377 e. The fourth-order valence-electron chi connectivity index (χ4n) is 2.62. The number of hydrogen-bond acceptors (Lipinski definition) is 2. The van der Waals surface area contributed by atoms with Crippen molar-refractivity contribution in [2.75, 3.05) is 13.2 Å². The average molecular weight is 286 g/mol. The van der Waals surface area contributed by atoms with Crippen LogP contribution in [0.5, 0.6) is 0 Å².